The molecule has 0 radical (unpaired) electrons. The number of hydrogen-bond acceptors (Lipinski definition) is 9. The van der Waals surface area contributed by atoms with E-state index in [1.165, 1.54) is 18.2 Å². The minimum absolute atomic E-state index is 0.0819. The average Bonchev–Trinajstić information content (AvgIpc) is 2.90. The van der Waals surface area contributed by atoms with E-state index in [9.17, 15) is 36.3 Å². The largest absolute Gasteiger partial charge is 0.478 e. The van der Waals surface area contributed by atoms with Crippen molar-refractivity contribution in [2.45, 2.75) is 26.3 Å². The highest BCUT2D eigenvalue weighted by Gasteiger charge is 2.23. The Morgan fingerprint density at radius 1 is 0.783 bits per heavy atom. The van der Waals surface area contributed by atoms with Gasteiger partial charge in [0, 0.05) is 35.0 Å². The molecule has 0 unspecified atom stereocenters. The van der Waals surface area contributed by atoms with Crippen LogP contribution in [0.2, 0.25) is 0 Å². The fourth-order valence-corrected chi connectivity index (χ4v) is 3.33. The summed E-state index contributed by atoms with van der Waals surface area (Å²) in [6.45, 7) is 5.79. The maximum absolute atomic E-state index is 13.1. The molecule has 0 heterocycles. The number of nitrogens with two attached hydrogens (primary N) is 1. The van der Waals surface area contributed by atoms with Crippen molar-refractivity contribution in [1.29, 1.82) is 5.41 Å². The van der Waals surface area contributed by atoms with Gasteiger partial charge in [0.2, 0.25) is 0 Å². The molecule has 46 heavy (non-hydrogen) atoms. The number of amidine groups is 1. The number of benzene rings is 3. The Kier molecular flexibility index (Phi) is 13.7. The van der Waals surface area contributed by atoms with E-state index in [1.54, 1.807) is 60.6 Å². The number of hydrogen-bond donors (Lipinski definition) is 7. The summed E-state index contributed by atoms with van der Waals surface area (Å²) < 4.78 is 51.7. The predicted molar refractivity (Wildman–Crippen MR) is 174 cm³/mol. The number of nitrogens with zero attached hydrogens (tertiary/aromatic N) is 1. The topological polar surface area (TPSA) is 257 Å². The van der Waals surface area contributed by atoms with Crippen LogP contribution < -0.4 is 16.5 Å². The van der Waals surface area contributed by atoms with Crippen LogP contribution in [0.1, 0.15) is 57.4 Å². The van der Waals surface area contributed by atoms with Crippen LogP contribution >= 0.6 is 0 Å². The number of rotatable bonds is 7. The molecule has 0 atom stereocenters. The predicted octanol–water partition coefficient (Wildman–Crippen LogP) is 2.97. The van der Waals surface area contributed by atoms with E-state index in [0.29, 0.717) is 34.9 Å². The molecule has 0 fully saturated rings. The summed E-state index contributed by atoms with van der Waals surface area (Å²) in [5.41, 5.74) is 9.96. The Morgan fingerprint density at radius 2 is 1.24 bits per heavy atom. The maximum Gasteiger partial charge on any atom is 0.336 e. The van der Waals surface area contributed by atoms with Gasteiger partial charge in [0.25, 0.3) is 32.1 Å². The Labute approximate surface area is 267 Å². The molecule has 0 aromatic heterocycles. The highest BCUT2D eigenvalue weighted by atomic mass is 32.2. The van der Waals surface area contributed by atoms with Crippen molar-refractivity contribution < 1.29 is 45.4 Å². The van der Waals surface area contributed by atoms with Crippen molar-refractivity contribution in [3.63, 3.8) is 0 Å². The second kappa shape index (κ2) is 16.1. The first kappa shape index (κ1) is 39.3. The molecule has 8 N–H and O–H groups in total. The molecule has 0 aliphatic carbocycles. The second-order valence-corrected chi connectivity index (χ2v) is 13.6. The molecule has 0 saturated heterocycles. The van der Waals surface area contributed by atoms with E-state index >= 15 is 0 Å². The van der Waals surface area contributed by atoms with E-state index in [2.05, 4.69) is 10.7 Å². The maximum atomic E-state index is 13.1. The van der Waals surface area contributed by atoms with Crippen molar-refractivity contribution in [2.75, 3.05) is 24.9 Å². The third-order valence-electron chi connectivity index (χ3n) is 5.70. The summed E-state index contributed by atoms with van der Waals surface area (Å²) in [5.74, 6) is -2.19. The standard InChI is InChI=1S/C27H29N5O4.2CH4O3S/c1-27(2,3)32(4)31-24(33)17-11-14-20(22(15-17)26(35)36)19-7-5-6-8-21(19)25(34)30-18-12-9-16(10-13-18)23(28)29;2*1-5(2,3)4/h5-15H,1-4H3,(H3,28,29)(H,30,34)(H,31,33)(H,35,36);2*1H3,(H,2,3,4). The van der Waals surface area contributed by atoms with Crippen molar-refractivity contribution in [3.8, 4) is 11.1 Å². The molecule has 2 amide bonds. The quantitative estimate of drug-likeness (QED) is 0.0823. The molecule has 0 aliphatic rings. The number of amides is 2. The highest BCUT2D eigenvalue weighted by molar-refractivity contribution is 7.85. The monoisotopic (exact) mass is 679 g/mol. The normalized spacial score (nSPS) is 11.2. The molecule has 0 aliphatic heterocycles. The van der Waals surface area contributed by atoms with Gasteiger partial charge >= 0.3 is 5.97 Å². The molecule has 0 spiro atoms. The molecule has 3 rings (SSSR count). The fraction of sp³-hybridized carbons (Fsp3) is 0.241. The smallest absolute Gasteiger partial charge is 0.336 e. The zero-order valence-corrected chi connectivity index (χ0v) is 27.5. The third kappa shape index (κ3) is 14.4. The van der Waals surface area contributed by atoms with Crippen LogP contribution in [0.3, 0.4) is 0 Å². The number of carbonyl (C=O) groups is 3. The van der Waals surface area contributed by atoms with Crippen LogP contribution in [0.25, 0.3) is 11.1 Å². The summed E-state index contributed by atoms with van der Waals surface area (Å²) in [5, 5.41) is 21.8. The summed E-state index contributed by atoms with van der Waals surface area (Å²) in [6.07, 6.45) is 1.43. The van der Waals surface area contributed by atoms with Gasteiger partial charge in [0.05, 0.1) is 18.1 Å². The van der Waals surface area contributed by atoms with Crippen molar-refractivity contribution >= 4 is 49.5 Å². The van der Waals surface area contributed by atoms with E-state index in [-0.39, 0.29) is 28.1 Å². The summed E-state index contributed by atoms with van der Waals surface area (Å²) in [6, 6.07) is 17.5. The van der Waals surface area contributed by atoms with Crippen LogP contribution in [0.15, 0.2) is 66.7 Å². The number of hydrazine groups is 1. The zero-order valence-electron chi connectivity index (χ0n) is 25.9. The lowest BCUT2D eigenvalue weighted by Crippen LogP contribution is -2.50. The number of carboxylic acids is 1. The van der Waals surface area contributed by atoms with Gasteiger partial charge in [-0.05, 0) is 74.4 Å². The Morgan fingerprint density at radius 3 is 1.70 bits per heavy atom. The van der Waals surface area contributed by atoms with Crippen molar-refractivity contribution in [2.24, 2.45) is 5.73 Å². The molecular formula is C29H37N5O10S2. The van der Waals surface area contributed by atoms with Gasteiger partial charge in [-0.3, -0.25) is 29.5 Å². The van der Waals surface area contributed by atoms with Crippen LogP contribution in [-0.4, -0.2) is 84.8 Å². The lowest BCUT2D eigenvalue weighted by Gasteiger charge is -2.31. The minimum Gasteiger partial charge on any atom is -0.478 e. The van der Waals surface area contributed by atoms with Gasteiger partial charge in [-0.25, -0.2) is 9.80 Å². The third-order valence-corrected chi connectivity index (χ3v) is 5.70. The Balaban J connectivity index is 0.000000919. The van der Waals surface area contributed by atoms with Gasteiger partial charge in [0.1, 0.15) is 5.84 Å². The Hall–Kier alpha value is -4.68. The Bertz CT molecular complexity index is 1760. The molecular weight excluding hydrogens is 642 g/mol. The van der Waals surface area contributed by atoms with E-state index in [1.807, 2.05) is 20.8 Å². The number of aromatic carboxylic acids is 1. The minimum atomic E-state index is -3.67. The molecule has 0 bridgehead atoms. The van der Waals surface area contributed by atoms with Crippen LogP contribution in [0.4, 0.5) is 5.69 Å². The number of nitrogens with one attached hydrogen (secondary N) is 3. The van der Waals surface area contributed by atoms with Gasteiger partial charge in [-0.2, -0.15) is 16.8 Å². The van der Waals surface area contributed by atoms with Crippen LogP contribution in [-0.2, 0) is 20.2 Å². The molecule has 3 aromatic rings. The zero-order chi connectivity index (χ0) is 35.6. The number of carbonyl (C=O) groups excluding carboxylic acids is 2. The van der Waals surface area contributed by atoms with Gasteiger partial charge in [0.15, 0.2) is 0 Å². The highest BCUT2D eigenvalue weighted by Crippen LogP contribution is 2.29. The molecule has 15 nitrogen and oxygen atoms in total. The SMILES string of the molecule is CN(NC(=O)c1ccc(-c2ccccc2C(=O)Nc2ccc(C(=N)N)cc2)c(C(=O)O)c1)C(C)(C)C.CS(=O)(=O)O.CS(=O)(=O)O. The molecule has 17 heteroatoms. The second-order valence-electron chi connectivity index (χ2n) is 10.7. The molecule has 0 saturated carbocycles. The summed E-state index contributed by atoms with van der Waals surface area (Å²) in [7, 11) is -5.60. The van der Waals surface area contributed by atoms with E-state index in [4.69, 9.17) is 20.2 Å². The molecule has 250 valence electrons. The van der Waals surface area contributed by atoms with Crippen LogP contribution in [0, 0.1) is 5.41 Å². The number of carboxylic acid groups (broad SMARTS) is 1. The van der Waals surface area contributed by atoms with Gasteiger partial charge in [-0.15, -0.1) is 0 Å². The van der Waals surface area contributed by atoms with Gasteiger partial charge < -0.3 is 16.2 Å². The van der Waals surface area contributed by atoms with E-state index < -0.39 is 38.0 Å². The summed E-state index contributed by atoms with van der Waals surface area (Å²) in [4.78, 5) is 38.0. The number of nitrogen functional groups attached to an aromatic ring is 1. The van der Waals surface area contributed by atoms with Gasteiger partial charge in [-0.1, -0.05) is 24.3 Å². The average molecular weight is 680 g/mol. The lowest BCUT2D eigenvalue weighted by molar-refractivity contribution is 0.0643. The van der Waals surface area contributed by atoms with Crippen molar-refractivity contribution in [1.82, 2.24) is 10.4 Å². The first-order valence-corrected chi connectivity index (χ1v) is 16.7. The fourth-order valence-electron chi connectivity index (χ4n) is 3.33. The number of anilines is 1. The first-order chi connectivity index (χ1) is 20.9. The van der Waals surface area contributed by atoms with Crippen molar-refractivity contribution in [3.05, 3.63) is 89.0 Å². The van der Waals surface area contributed by atoms with Crippen LogP contribution in [0.5, 0.6) is 0 Å². The summed E-state index contributed by atoms with van der Waals surface area (Å²) >= 11 is 0. The van der Waals surface area contributed by atoms with E-state index in [0.717, 1.165) is 0 Å². The first-order valence-electron chi connectivity index (χ1n) is 13.0. The molecule has 3 aromatic carbocycles. The lowest BCUT2D eigenvalue weighted by atomic mass is 9.93.